The summed E-state index contributed by atoms with van der Waals surface area (Å²) < 4.78 is 0. The van der Waals surface area contributed by atoms with Crippen LogP contribution >= 0.6 is 0 Å². The van der Waals surface area contributed by atoms with Gasteiger partial charge in [-0.25, -0.2) is 0 Å². The second kappa shape index (κ2) is 5.25. The summed E-state index contributed by atoms with van der Waals surface area (Å²) in [7, 11) is 0. The quantitative estimate of drug-likeness (QED) is 0.709. The van der Waals surface area contributed by atoms with Crippen molar-refractivity contribution in [2.45, 2.75) is 45.9 Å². The largest absolute Gasteiger partial charge is 0.396 e. The molecule has 1 fully saturated rings. The molecule has 0 bridgehead atoms. The zero-order chi connectivity index (χ0) is 11.6. The van der Waals surface area contributed by atoms with Gasteiger partial charge in [-0.1, -0.05) is 0 Å². The highest BCUT2D eigenvalue weighted by Crippen LogP contribution is 2.20. The Hall–Kier alpha value is -0.160. The van der Waals surface area contributed by atoms with Crippen molar-refractivity contribution in [1.29, 1.82) is 0 Å². The van der Waals surface area contributed by atoms with E-state index in [1.165, 1.54) is 0 Å². The Morgan fingerprint density at radius 2 is 1.87 bits per heavy atom. The van der Waals surface area contributed by atoms with Crippen molar-refractivity contribution in [3.05, 3.63) is 0 Å². The fourth-order valence-electron chi connectivity index (χ4n) is 2.09. The molecule has 4 nitrogen and oxygen atoms in total. The molecule has 1 heterocycles. The summed E-state index contributed by atoms with van der Waals surface area (Å²) in [4.78, 5) is 4.62. The number of rotatable bonds is 3. The fourth-order valence-corrected chi connectivity index (χ4v) is 2.09. The molecule has 1 saturated heterocycles. The van der Waals surface area contributed by atoms with Crippen LogP contribution in [0.2, 0.25) is 0 Å². The fraction of sp³-hybridized carbons (Fsp3) is 1.00. The molecule has 3 N–H and O–H groups in total. The van der Waals surface area contributed by atoms with Crippen LogP contribution in [-0.2, 0) is 0 Å². The molecule has 15 heavy (non-hydrogen) atoms. The lowest BCUT2D eigenvalue weighted by molar-refractivity contribution is -0.0481. The van der Waals surface area contributed by atoms with E-state index in [4.69, 9.17) is 5.73 Å². The molecule has 0 aromatic carbocycles. The SMILES string of the molecule is CC(C)N1CC(CO)C(N)N(C(C)C)C1. The molecular formula is C11H25N3O. The Morgan fingerprint density at radius 1 is 1.27 bits per heavy atom. The first-order chi connectivity index (χ1) is 6.97. The van der Waals surface area contributed by atoms with Gasteiger partial charge in [0.05, 0.1) is 12.8 Å². The van der Waals surface area contributed by atoms with Gasteiger partial charge in [0.25, 0.3) is 0 Å². The van der Waals surface area contributed by atoms with Crippen LogP contribution in [0.3, 0.4) is 0 Å². The maximum Gasteiger partial charge on any atom is 0.0648 e. The summed E-state index contributed by atoms with van der Waals surface area (Å²) in [5.41, 5.74) is 6.14. The highest BCUT2D eigenvalue weighted by molar-refractivity contribution is 4.85. The molecule has 0 radical (unpaired) electrons. The summed E-state index contributed by atoms with van der Waals surface area (Å²) in [5.74, 6) is 0.170. The van der Waals surface area contributed by atoms with Crippen LogP contribution in [-0.4, -0.2) is 53.0 Å². The average Bonchev–Trinajstić information content (AvgIpc) is 2.17. The maximum absolute atomic E-state index is 9.33. The normalized spacial score (nSPS) is 30.4. The minimum Gasteiger partial charge on any atom is -0.396 e. The Morgan fingerprint density at radius 3 is 2.27 bits per heavy atom. The first-order valence-corrected chi connectivity index (χ1v) is 5.83. The topological polar surface area (TPSA) is 52.7 Å². The Labute approximate surface area is 93.0 Å². The van der Waals surface area contributed by atoms with E-state index in [2.05, 4.69) is 37.5 Å². The second-order valence-corrected chi connectivity index (χ2v) is 5.05. The molecule has 0 aromatic heterocycles. The number of hydrogen-bond donors (Lipinski definition) is 2. The summed E-state index contributed by atoms with van der Waals surface area (Å²) >= 11 is 0. The Kier molecular flexibility index (Phi) is 4.52. The van der Waals surface area contributed by atoms with E-state index in [1.807, 2.05) is 0 Å². The number of nitrogens with two attached hydrogens (primary N) is 1. The van der Waals surface area contributed by atoms with E-state index in [-0.39, 0.29) is 18.7 Å². The van der Waals surface area contributed by atoms with Crippen LogP contribution in [0.5, 0.6) is 0 Å². The van der Waals surface area contributed by atoms with Gasteiger partial charge in [-0.15, -0.1) is 0 Å². The molecule has 0 amide bonds. The molecule has 0 aromatic rings. The van der Waals surface area contributed by atoms with Crippen LogP contribution in [0.1, 0.15) is 27.7 Å². The molecule has 2 atom stereocenters. The van der Waals surface area contributed by atoms with Crippen LogP contribution in [0.25, 0.3) is 0 Å². The summed E-state index contributed by atoms with van der Waals surface area (Å²) in [6.45, 7) is 10.7. The molecular weight excluding hydrogens is 190 g/mol. The minimum absolute atomic E-state index is 0.00926. The predicted molar refractivity (Wildman–Crippen MR) is 62.2 cm³/mol. The highest BCUT2D eigenvalue weighted by Gasteiger charge is 2.34. The average molecular weight is 215 g/mol. The smallest absolute Gasteiger partial charge is 0.0648 e. The van der Waals surface area contributed by atoms with E-state index in [9.17, 15) is 5.11 Å². The Balaban J connectivity index is 2.71. The zero-order valence-electron chi connectivity index (χ0n) is 10.3. The van der Waals surface area contributed by atoms with Crippen molar-refractivity contribution in [1.82, 2.24) is 9.80 Å². The molecule has 0 saturated carbocycles. The van der Waals surface area contributed by atoms with Gasteiger partial charge in [-0.2, -0.15) is 0 Å². The van der Waals surface area contributed by atoms with Gasteiger partial charge in [-0.3, -0.25) is 9.80 Å². The van der Waals surface area contributed by atoms with Gasteiger partial charge in [-0.05, 0) is 27.7 Å². The number of hydrogen-bond acceptors (Lipinski definition) is 4. The second-order valence-electron chi connectivity index (χ2n) is 5.05. The van der Waals surface area contributed by atoms with E-state index < -0.39 is 0 Å². The first-order valence-electron chi connectivity index (χ1n) is 5.83. The van der Waals surface area contributed by atoms with Gasteiger partial charge < -0.3 is 10.8 Å². The minimum atomic E-state index is -0.00926. The molecule has 1 rings (SSSR count). The van der Waals surface area contributed by atoms with Gasteiger partial charge in [0.2, 0.25) is 0 Å². The van der Waals surface area contributed by atoms with Gasteiger partial charge in [0.15, 0.2) is 0 Å². The van der Waals surface area contributed by atoms with Gasteiger partial charge >= 0.3 is 0 Å². The van der Waals surface area contributed by atoms with Crippen LogP contribution < -0.4 is 5.73 Å². The van der Waals surface area contributed by atoms with Crippen molar-refractivity contribution in [3.8, 4) is 0 Å². The lowest BCUT2D eigenvalue weighted by Gasteiger charge is -2.47. The van der Waals surface area contributed by atoms with E-state index in [1.54, 1.807) is 0 Å². The molecule has 1 aliphatic heterocycles. The van der Waals surface area contributed by atoms with Gasteiger partial charge in [0, 0.05) is 31.2 Å². The van der Waals surface area contributed by atoms with Crippen molar-refractivity contribution < 1.29 is 5.11 Å². The van der Waals surface area contributed by atoms with Crippen LogP contribution in [0.4, 0.5) is 0 Å². The third-order valence-corrected chi connectivity index (χ3v) is 3.31. The van der Waals surface area contributed by atoms with Crippen LogP contribution in [0.15, 0.2) is 0 Å². The number of aliphatic hydroxyl groups excluding tert-OH is 1. The third kappa shape index (κ3) is 2.91. The van der Waals surface area contributed by atoms with E-state index >= 15 is 0 Å². The molecule has 2 unspecified atom stereocenters. The van der Waals surface area contributed by atoms with Gasteiger partial charge in [0.1, 0.15) is 0 Å². The number of nitrogens with zero attached hydrogens (tertiary/aromatic N) is 2. The van der Waals surface area contributed by atoms with Crippen molar-refractivity contribution >= 4 is 0 Å². The highest BCUT2D eigenvalue weighted by atomic mass is 16.3. The predicted octanol–water partition coefficient (Wildman–Crippen LogP) is 0.272. The first kappa shape index (κ1) is 12.9. The van der Waals surface area contributed by atoms with E-state index in [0.717, 1.165) is 13.2 Å². The molecule has 0 spiro atoms. The number of aliphatic hydroxyl groups is 1. The lowest BCUT2D eigenvalue weighted by Crippen LogP contribution is -2.63. The summed E-state index contributed by atoms with van der Waals surface area (Å²) in [5, 5.41) is 9.33. The monoisotopic (exact) mass is 215 g/mol. The molecule has 1 aliphatic rings. The lowest BCUT2D eigenvalue weighted by atomic mass is 10.0. The molecule has 4 heteroatoms. The standard InChI is InChI=1S/C11H25N3O/c1-8(2)13-5-10(6-15)11(12)14(7-13)9(3)4/h8-11,15H,5-7,12H2,1-4H3. The third-order valence-electron chi connectivity index (χ3n) is 3.31. The zero-order valence-corrected chi connectivity index (χ0v) is 10.3. The van der Waals surface area contributed by atoms with E-state index in [0.29, 0.717) is 12.1 Å². The van der Waals surface area contributed by atoms with Crippen LogP contribution in [0, 0.1) is 5.92 Å². The molecule has 0 aliphatic carbocycles. The van der Waals surface area contributed by atoms with Crippen molar-refractivity contribution in [2.75, 3.05) is 19.8 Å². The maximum atomic E-state index is 9.33. The van der Waals surface area contributed by atoms with Crippen molar-refractivity contribution in [3.63, 3.8) is 0 Å². The molecule has 90 valence electrons. The van der Waals surface area contributed by atoms with Crippen molar-refractivity contribution in [2.24, 2.45) is 11.7 Å². The summed E-state index contributed by atoms with van der Waals surface area (Å²) in [6.07, 6.45) is -0.00926. The summed E-state index contributed by atoms with van der Waals surface area (Å²) in [6, 6.07) is 0.934. The Bertz CT molecular complexity index is 196.